The van der Waals surface area contributed by atoms with E-state index in [0.717, 1.165) is 51.4 Å². The summed E-state index contributed by atoms with van der Waals surface area (Å²) in [5, 5.41) is 7.62. The van der Waals surface area contributed by atoms with Gasteiger partial charge in [0.05, 0.1) is 18.8 Å². The fourth-order valence-electron chi connectivity index (χ4n) is 5.12. The lowest BCUT2D eigenvalue weighted by Crippen LogP contribution is -2.31. The van der Waals surface area contributed by atoms with Gasteiger partial charge in [0.25, 0.3) is 5.91 Å². The van der Waals surface area contributed by atoms with Crippen LogP contribution in [0.2, 0.25) is 0 Å². The third kappa shape index (κ3) is 5.01. The highest BCUT2D eigenvalue weighted by Gasteiger charge is 2.41. The number of hydrogen-bond acceptors (Lipinski definition) is 4. The number of aromatic amines is 1. The molecule has 6 nitrogen and oxygen atoms in total. The van der Waals surface area contributed by atoms with Gasteiger partial charge < -0.3 is 14.4 Å². The topological polar surface area (TPSA) is 67.5 Å². The van der Waals surface area contributed by atoms with Crippen molar-refractivity contribution in [3.05, 3.63) is 137 Å². The van der Waals surface area contributed by atoms with Crippen molar-refractivity contribution < 1.29 is 14.3 Å². The van der Waals surface area contributed by atoms with Crippen molar-refractivity contribution in [2.75, 3.05) is 13.7 Å². The Morgan fingerprint density at radius 1 is 0.795 bits per heavy atom. The van der Waals surface area contributed by atoms with Gasteiger partial charge in [-0.2, -0.15) is 5.10 Å². The number of ether oxygens (including phenoxy) is 2. The van der Waals surface area contributed by atoms with Gasteiger partial charge >= 0.3 is 0 Å². The molecule has 6 rings (SSSR count). The first kappa shape index (κ1) is 24.5. The second-order valence-electron chi connectivity index (χ2n) is 9.57. The first-order valence-corrected chi connectivity index (χ1v) is 13.1. The van der Waals surface area contributed by atoms with Gasteiger partial charge in [0, 0.05) is 17.7 Å². The van der Waals surface area contributed by atoms with Crippen molar-refractivity contribution >= 4 is 5.91 Å². The molecule has 1 N–H and O–H groups in total. The van der Waals surface area contributed by atoms with Gasteiger partial charge in [-0.1, -0.05) is 84.9 Å². The summed E-state index contributed by atoms with van der Waals surface area (Å²) in [6.45, 7) is 1.07. The van der Waals surface area contributed by atoms with E-state index in [9.17, 15) is 4.79 Å². The summed E-state index contributed by atoms with van der Waals surface area (Å²) in [6.07, 6.45) is 0.725. The number of nitrogens with zero attached hydrogens (tertiary/aromatic N) is 2. The van der Waals surface area contributed by atoms with Crippen molar-refractivity contribution in [2.24, 2.45) is 0 Å². The van der Waals surface area contributed by atoms with Crippen molar-refractivity contribution in [3.8, 4) is 22.8 Å². The lowest BCUT2D eigenvalue weighted by atomic mass is 9.96. The minimum absolute atomic E-state index is 0.0393. The second-order valence-corrected chi connectivity index (χ2v) is 9.57. The van der Waals surface area contributed by atoms with Gasteiger partial charge in [0.1, 0.15) is 23.8 Å². The van der Waals surface area contributed by atoms with Crippen LogP contribution in [-0.4, -0.2) is 34.7 Å². The summed E-state index contributed by atoms with van der Waals surface area (Å²) in [5.74, 6) is 1.56. The lowest BCUT2D eigenvalue weighted by Gasteiger charge is -2.26. The maximum atomic E-state index is 13.7. The number of nitrogens with one attached hydrogen (secondary N) is 1. The van der Waals surface area contributed by atoms with Gasteiger partial charge in [0.2, 0.25) is 0 Å². The Bertz CT molecular complexity index is 1550. The van der Waals surface area contributed by atoms with Crippen LogP contribution in [0.3, 0.4) is 0 Å². The zero-order valence-electron chi connectivity index (χ0n) is 21.7. The fraction of sp³-hybridized carbons (Fsp3) is 0.152. The Morgan fingerprint density at radius 2 is 1.46 bits per heavy atom. The third-order valence-electron chi connectivity index (χ3n) is 7.16. The first-order valence-electron chi connectivity index (χ1n) is 13.1. The molecule has 1 amide bonds. The smallest absolute Gasteiger partial charge is 0.273 e. The van der Waals surface area contributed by atoms with E-state index in [1.807, 2.05) is 102 Å². The van der Waals surface area contributed by atoms with E-state index in [4.69, 9.17) is 9.47 Å². The molecule has 4 aromatic carbocycles. The lowest BCUT2D eigenvalue weighted by molar-refractivity contribution is 0.0746. The summed E-state index contributed by atoms with van der Waals surface area (Å²) in [6, 6.07) is 35.9. The monoisotopic (exact) mass is 515 g/mol. The van der Waals surface area contributed by atoms with E-state index < -0.39 is 0 Å². The van der Waals surface area contributed by atoms with Gasteiger partial charge in [0.15, 0.2) is 0 Å². The molecule has 1 aliphatic heterocycles. The van der Waals surface area contributed by atoms with Gasteiger partial charge in [-0.15, -0.1) is 0 Å². The van der Waals surface area contributed by atoms with E-state index >= 15 is 0 Å². The molecule has 5 aromatic rings. The van der Waals surface area contributed by atoms with Crippen molar-refractivity contribution in [3.63, 3.8) is 0 Å². The number of aromatic nitrogens is 2. The number of amides is 1. The SMILES string of the molecule is COc1ccc(CCN2C(=O)c3[nH]nc(-c4ccccc4)c3C2c2ccc(OCc3ccccc3)cc2)cc1. The third-order valence-corrected chi connectivity index (χ3v) is 7.16. The number of carbonyl (C=O) groups is 1. The molecule has 194 valence electrons. The molecule has 1 unspecified atom stereocenters. The molecule has 1 atom stereocenters. The predicted molar refractivity (Wildman–Crippen MR) is 151 cm³/mol. The van der Waals surface area contributed by atoms with Crippen molar-refractivity contribution in [1.82, 2.24) is 15.1 Å². The zero-order chi connectivity index (χ0) is 26.6. The van der Waals surface area contributed by atoms with Crippen LogP contribution in [0.5, 0.6) is 11.5 Å². The van der Waals surface area contributed by atoms with Crippen LogP contribution in [0, 0.1) is 0 Å². The second kappa shape index (κ2) is 10.9. The van der Waals surface area contributed by atoms with Crippen LogP contribution < -0.4 is 9.47 Å². The highest BCUT2D eigenvalue weighted by Crippen LogP contribution is 2.43. The number of rotatable bonds is 9. The van der Waals surface area contributed by atoms with E-state index in [1.165, 1.54) is 0 Å². The van der Waals surface area contributed by atoms with Crippen LogP contribution in [0.4, 0.5) is 0 Å². The molecule has 0 saturated carbocycles. The van der Waals surface area contributed by atoms with Gasteiger partial charge in [-0.3, -0.25) is 9.89 Å². The summed E-state index contributed by atoms with van der Waals surface area (Å²) in [7, 11) is 1.66. The van der Waals surface area contributed by atoms with Crippen molar-refractivity contribution in [1.29, 1.82) is 0 Å². The zero-order valence-corrected chi connectivity index (χ0v) is 21.7. The Hall–Kier alpha value is -4.84. The number of carbonyl (C=O) groups excluding carboxylic acids is 1. The minimum atomic E-state index is -0.261. The van der Waals surface area contributed by atoms with Crippen LogP contribution in [0.15, 0.2) is 109 Å². The molecular formula is C33H29N3O3. The van der Waals surface area contributed by atoms with Crippen LogP contribution >= 0.6 is 0 Å². The fourth-order valence-corrected chi connectivity index (χ4v) is 5.12. The van der Waals surface area contributed by atoms with E-state index in [1.54, 1.807) is 7.11 Å². The van der Waals surface area contributed by atoms with Crippen LogP contribution in [-0.2, 0) is 13.0 Å². The molecular weight excluding hydrogens is 486 g/mol. The quantitative estimate of drug-likeness (QED) is 0.245. The minimum Gasteiger partial charge on any atom is -0.497 e. The standard InChI is InChI=1S/C33H29N3O3/c1-38-27-16-12-23(13-17-27)20-21-36-32(26-14-18-28(19-15-26)39-22-24-8-4-2-5-9-24)29-30(25-10-6-3-7-11-25)34-35-31(29)33(36)37/h2-19,32H,20-22H2,1H3,(H,34,35). The molecule has 0 radical (unpaired) electrons. The van der Waals surface area contributed by atoms with Gasteiger partial charge in [-0.05, 0) is 47.4 Å². The van der Waals surface area contributed by atoms with E-state index in [-0.39, 0.29) is 11.9 Å². The summed E-state index contributed by atoms with van der Waals surface area (Å²) < 4.78 is 11.3. The maximum Gasteiger partial charge on any atom is 0.273 e. The molecule has 0 bridgehead atoms. The Kier molecular flexibility index (Phi) is 6.83. The predicted octanol–water partition coefficient (Wildman–Crippen LogP) is 6.45. The van der Waals surface area contributed by atoms with E-state index in [0.29, 0.717) is 18.8 Å². The first-order chi connectivity index (χ1) is 19.2. The number of H-pyrrole nitrogens is 1. The molecule has 0 spiro atoms. The van der Waals surface area contributed by atoms with Crippen molar-refractivity contribution in [2.45, 2.75) is 19.1 Å². The number of methoxy groups -OCH3 is 1. The Labute approximate surface area is 227 Å². The average molecular weight is 516 g/mol. The van der Waals surface area contributed by atoms with Crippen LogP contribution in [0.25, 0.3) is 11.3 Å². The van der Waals surface area contributed by atoms with Crippen LogP contribution in [0.1, 0.15) is 38.8 Å². The molecule has 2 heterocycles. The molecule has 39 heavy (non-hydrogen) atoms. The molecule has 1 aromatic heterocycles. The number of benzene rings is 4. The maximum absolute atomic E-state index is 13.7. The summed E-state index contributed by atoms with van der Waals surface area (Å²) >= 11 is 0. The normalized spacial score (nSPS) is 14.3. The molecule has 0 aliphatic carbocycles. The summed E-state index contributed by atoms with van der Waals surface area (Å²) in [4.78, 5) is 15.6. The Morgan fingerprint density at radius 3 is 2.15 bits per heavy atom. The largest absolute Gasteiger partial charge is 0.497 e. The molecule has 1 aliphatic rings. The van der Waals surface area contributed by atoms with Gasteiger partial charge in [-0.25, -0.2) is 0 Å². The summed E-state index contributed by atoms with van der Waals surface area (Å²) in [5.41, 5.74) is 6.53. The molecule has 0 saturated heterocycles. The number of fused-ring (bicyclic) bond motifs is 1. The average Bonchev–Trinajstić information content (AvgIpc) is 3.55. The van der Waals surface area contributed by atoms with E-state index in [2.05, 4.69) is 22.3 Å². The highest BCUT2D eigenvalue weighted by molar-refractivity contribution is 6.00. The molecule has 6 heteroatoms. The molecule has 0 fully saturated rings. The number of hydrogen-bond donors (Lipinski definition) is 1. The highest BCUT2D eigenvalue weighted by atomic mass is 16.5. The Balaban J connectivity index is 1.30.